The van der Waals surface area contributed by atoms with Crippen LogP contribution in [0.3, 0.4) is 0 Å². The van der Waals surface area contributed by atoms with E-state index in [2.05, 4.69) is 10.6 Å². The van der Waals surface area contributed by atoms with Crippen molar-refractivity contribution in [2.75, 3.05) is 13.2 Å². The Balaban J connectivity index is 1.62. The summed E-state index contributed by atoms with van der Waals surface area (Å²) in [6.07, 6.45) is -2.46. The number of hydrogen-bond acceptors (Lipinski definition) is 5. The molecule has 0 aromatic heterocycles. The topological polar surface area (TPSA) is 125 Å². The van der Waals surface area contributed by atoms with E-state index in [-0.39, 0.29) is 18.4 Å². The molecule has 2 amide bonds. The summed E-state index contributed by atoms with van der Waals surface area (Å²) in [5.74, 6) is -2.41. The molecule has 2 aromatic rings. The lowest BCUT2D eigenvalue weighted by Gasteiger charge is -2.22. The van der Waals surface area contributed by atoms with Crippen LogP contribution in [0.1, 0.15) is 30.9 Å². The Bertz CT molecular complexity index is 929. The molecule has 2 aromatic carbocycles. The maximum absolute atomic E-state index is 12.4. The molecule has 1 aliphatic rings. The fraction of sp³-hybridized carbons (Fsp3) is 0.348. The zero-order chi connectivity index (χ0) is 22.5. The summed E-state index contributed by atoms with van der Waals surface area (Å²) >= 11 is 0. The predicted octanol–water partition coefficient (Wildman–Crippen LogP) is 2.11. The number of carboxylic acid groups (broad SMARTS) is 1. The highest BCUT2D eigenvalue weighted by Gasteiger charge is 2.30. The molecule has 0 fully saturated rings. The van der Waals surface area contributed by atoms with Gasteiger partial charge < -0.3 is 25.6 Å². The van der Waals surface area contributed by atoms with Crippen LogP contribution >= 0.6 is 0 Å². The SMILES string of the molecule is CC(C)[C@@H](NC(=O)OCC1c2ccccc2-c2ccccc21)C(=O)NCC(O)C(=O)O. The predicted molar refractivity (Wildman–Crippen MR) is 113 cm³/mol. The molecule has 0 aliphatic heterocycles. The highest BCUT2D eigenvalue weighted by atomic mass is 16.5. The molecular weight excluding hydrogens is 400 g/mol. The third-order valence-corrected chi connectivity index (χ3v) is 5.32. The van der Waals surface area contributed by atoms with Crippen LogP contribution in [0.4, 0.5) is 4.79 Å². The third-order valence-electron chi connectivity index (χ3n) is 5.32. The van der Waals surface area contributed by atoms with Gasteiger partial charge in [-0.25, -0.2) is 9.59 Å². The number of carboxylic acids is 1. The van der Waals surface area contributed by atoms with Crippen molar-refractivity contribution < 1.29 is 29.3 Å². The molecule has 0 radical (unpaired) electrons. The Labute approximate surface area is 180 Å². The van der Waals surface area contributed by atoms with Crippen molar-refractivity contribution in [3.63, 3.8) is 0 Å². The Morgan fingerprint density at radius 3 is 2.06 bits per heavy atom. The summed E-state index contributed by atoms with van der Waals surface area (Å²) in [7, 11) is 0. The lowest BCUT2D eigenvalue weighted by Crippen LogP contribution is -2.51. The standard InChI is InChI=1S/C23H26N2O6/c1-13(2)20(21(27)24-11-19(26)22(28)29)25-23(30)31-12-18-16-9-5-3-7-14(16)15-8-4-6-10-17(15)18/h3-10,13,18-20,26H,11-12H2,1-2H3,(H,24,27)(H,25,30)(H,28,29)/t19?,20-/m1/s1. The number of benzene rings is 2. The minimum atomic E-state index is -1.72. The van der Waals surface area contributed by atoms with Crippen LogP contribution in [0.5, 0.6) is 0 Å². The average Bonchev–Trinajstić information content (AvgIpc) is 3.07. The fourth-order valence-electron chi connectivity index (χ4n) is 3.70. The minimum Gasteiger partial charge on any atom is -0.479 e. The molecule has 31 heavy (non-hydrogen) atoms. The van der Waals surface area contributed by atoms with Crippen molar-refractivity contribution in [3.8, 4) is 11.1 Å². The number of carbonyl (C=O) groups excluding carboxylic acids is 2. The van der Waals surface area contributed by atoms with Crippen molar-refractivity contribution in [3.05, 3.63) is 59.7 Å². The highest BCUT2D eigenvalue weighted by molar-refractivity contribution is 5.86. The lowest BCUT2D eigenvalue weighted by atomic mass is 9.98. The van der Waals surface area contributed by atoms with Gasteiger partial charge in [0.25, 0.3) is 0 Å². The molecule has 164 valence electrons. The van der Waals surface area contributed by atoms with Crippen molar-refractivity contribution in [2.24, 2.45) is 5.92 Å². The molecular formula is C23H26N2O6. The maximum Gasteiger partial charge on any atom is 0.407 e. The molecule has 4 N–H and O–H groups in total. The first-order valence-electron chi connectivity index (χ1n) is 10.1. The second kappa shape index (κ2) is 9.61. The quantitative estimate of drug-likeness (QED) is 0.512. The van der Waals surface area contributed by atoms with E-state index in [1.54, 1.807) is 13.8 Å². The zero-order valence-electron chi connectivity index (χ0n) is 17.4. The van der Waals surface area contributed by atoms with Crippen LogP contribution in [0.25, 0.3) is 11.1 Å². The van der Waals surface area contributed by atoms with Gasteiger partial charge in [-0.2, -0.15) is 0 Å². The van der Waals surface area contributed by atoms with Gasteiger partial charge in [0.05, 0.1) is 6.54 Å². The molecule has 2 atom stereocenters. The first-order chi connectivity index (χ1) is 14.8. The molecule has 0 bridgehead atoms. The van der Waals surface area contributed by atoms with E-state index in [1.165, 1.54) is 0 Å². The van der Waals surface area contributed by atoms with Crippen LogP contribution in [0.15, 0.2) is 48.5 Å². The zero-order valence-corrected chi connectivity index (χ0v) is 17.4. The smallest absolute Gasteiger partial charge is 0.407 e. The third kappa shape index (κ3) is 5.03. The number of alkyl carbamates (subject to hydrolysis) is 1. The normalized spacial score (nSPS) is 14.3. The van der Waals surface area contributed by atoms with Gasteiger partial charge >= 0.3 is 12.1 Å². The maximum atomic E-state index is 12.4. The molecule has 8 heteroatoms. The van der Waals surface area contributed by atoms with E-state index in [9.17, 15) is 19.5 Å². The molecule has 3 rings (SSSR count). The number of carbonyl (C=O) groups is 3. The van der Waals surface area contributed by atoms with Gasteiger partial charge in [-0.15, -0.1) is 0 Å². The summed E-state index contributed by atoms with van der Waals surface area (Å²) in [5, 5.41) is 22.9. The van der Waals surface area contributed by atoms with Crippen molar-refractivity contribution >= 4 is 18.0 Å². The minimum absolute atomic E-state index is 0.102. The van der Waals surface area contributed by atoms with Gasteiger partial charge in [-0.3, -0.25) is 4.79 Å². The van der Waals surface area contributed by atoms with Gasteiger partial charge in [-0.05, 0) is 28.2 Å². The molecule has 0 spiro atoms. The van der Waals surface area contributed by atoms with Crippen LogP contribution in [0.2, 0.25) is 0 Å². The Hall–Kier alpha value is -3.39. The molecule has 1 unspecified atom stereocenters. The Kier molecular flexibility index (Phi) is 6.91. The number of fused-ring (bicyclic) bond motifs is 3. The second-order valence-corrected chi connectivity index (χ2v) is 7.79. The van der Waals surface area contributed by atoms with Gasteiger partial charge in [0, 0.05) is 5.92 Å². The number of rotatable bonds is 8. The monoisotopic (exact) mass is 426 g/mol. The van der Waals surface area contributed by atoms with Gasteiger partial charge in [0.15, 0.2) is 6.10 Å². The largest absolute Gasteiger partial charge is 0.479 e. The van der Waals surface area contributed by atoms with E-state index in [0.29, 0.717) is 0 Å². The number of aliphatic carboxylic acids is 1. The summed E-state index contributed by atoms with van der Waals surface area (Å²) in [4.78, 5) is 35.5. The summed E-state index contributed by atoms with van der Waals surface area (Å²) in [6.45, 7) is 3.14. The van der Waals surface area contributed by atoms with Crippen LogP contribution in [-0.2, 0) is 14.3 Å². The summed E-state index contributed by atoms with van der Waals surface area (Å²) < 4.78 is 5.46. The number of aliphatic hydroxyl groups is 1. The number of nitrogens with one attached hydrogen (secondary N) is 2. The van der Waals surface area contributed by atoms with Crippen LogP contribution in [0, 0.1) is 5.92 Å². The first kappa shape index (κ1) is 22.3. The molecule has 0 saturated carbocycles. The van der Waals surface area contributed by atoms with E-state index >= 15 is 0 Å². The second-order valence-electron chi connectivity index (χ2n) is 7.79. The van der Waals surface area contributed by atoms with E-state index in [0.717, 1.165) is 22.3 Å². The number of hydrogen-bond donors (Lipinski definition) is 4. The van der Waals surface area contributed by atoms with Gasteiger partial charge in [0.2, 0.25) is 5.91 Å². The van der Waals surface area contributed by atoms with Crippen molar-refractivity contribution in [2.45, 2.75) is 31.9 Å². The molecule has 0 saturated heterocycles. The summed E-state index contributed by atoms with van der Waals surface area (Å²) in [6, 6.07) is 15.0. The highest BCUT2D eigenvalue weighted by Crippen LogP contribution is 2.44. The molecule has 0 heterocycles. The fourth-order valence-corrected chi connectivity index (χ4v) is 3.70. The van der Waals surface area contributed by atoms with Crippen molar-refractivity contribution in [1.82, 2.24) is 10.6 Å². The van der Waals surface area contributed by atoms with E-state index in [1.807, 2.05) is 48.5 Å². The molecule has 8 nitrogen and oxygen atoms in total. The average molecular weight is 426 g/mol. The van der Waals surface area contributed by atoms with E-state index < -0.39 is 36.7 Å². The van der Waals surface area contributed by atoms with Gasteiger partial charge in [0.1, 0.15) is 12.6 Å². The lowest BCUT2D eigenvalue weighted by molar-refractivity contribution is -0.146. The number of aliphatic hydroxyl groups excluding tert-OH is 1. The van der Waals surface area contributed by atoms with Gasteiger partial charge in [-0.1, -0.05) is 62.4 Å². The number of ether oxygens (including phenoxy) is 1. The Morgan fingerprint density at radius 2 is 1.55 bits per heavy atom. The number of amides is 2. The van der Waals surface area contributed by atoms with Crippen LogP contribution in [-0.4, -0.2) is 53.5 Å². The van der Waals surface area contributed by atoms with Crippen molar-refractivity contribution in [1.29, 1.82) is 0 Å². The Morgan fingerprint density at radius 1 is 1.00 bits per heavy atom. The van der Waals surface area contributed by atoms with Crippen LogP contribution < -0.4 is 10.6 Å². The summed E-state index contributed by atoms with van der Waals surface area (Å²) in [5.41, 5.74) is 4.39. The van der Waals surface area contributed by atoms with E-state index in [4.69, 9.17) is 9.84 Å². The molecule has 1 aliphatic carbocycles. The first-order valence-corrected chi connectivity index (χ1v) is 10.1.